The molecule has 26 heavy (non-hydrogen) atoms. The summed E-state index contributed by atoms with van der Waals surface area (Å²) in [6, 6.07) is 13.0. The number of H-pyrrole nitrogens is 1. The molecule has 3 rings (SSSR count). The van der Waals surface area contributed by atoms with Gasteiger partial charge in [-0.05, 0) is 42.5 Å². The second kappa shape index (κ2) is 7.19. The monoisotopic (exact) mass is 393 g/mol. The normalized spacial score (nSPS) is 11.2. The van der Waals surface area contributed by atoms with Gasteiger partial charge in [-0.3, -0.25) is 9.52 Å². The highest BCUT2D eigenvalue weighted by Gasteiger charge is 2.20. The van der Waals surface area contributed by atoms with Crippen molar-refractivity contribution in [1.82, 2.24) is 4.98 Å². The first-order valence-electron chi connectivity index (χ1n) is 7.38. The second-order valence-corrected chi connectivity index (χ2v) is 7.41. The van der Waals surface area contributed by atoms with E-state index in [0.29, 0.717) is 10.7 Å². The largest absolute Gasteiger partial charge is 0.356 e. The third-order valence-corrected chi connectivity index (χ3v) is 5.03. The van der Waals surface area contributed by atoms with Gasteiger partial charge in [0.05, 0.1) is 5.69 Å². The molecule has 0 aliphatic heterocycles. The molecule has 0 aliphatic carbocycles. The zero-order valence-electron chi connectivity index (χ0n) is 13.2. The fourth-order valence-corrected chi connectivity index (χ4v) is 3.33. The Bertz CT molecular complexity index is 1050. The standard InChI is InChI=1S/C17H13ClFN3O3S/c18-11-5-7-12(8-6-11)21-17(23)16-9-13(10-20-16)26(24,25)22-15-4-2-1-3-14(15)19/h1-10,20,22H,(H,21,23). The van der Waals surface area contributed by atoms with Gasteiger partial charge in [-0.25, -0.2) is 12.8 Å². The topological polar surface area (TPSA) is 91.1 Å². The predicted molar refractivity (Wildman–Crippen MR) is 97.4 cm³/mol. The van der Waals surface area contributed by atoms with Crippen LogP contribution < -0.4 is 10.0 Å². The number of nitrogens with one attached hydrogen (secondary N) is 3. The highest BCUT2D eigenvalue weighted by Crippen LogP contribution is 2.20. The van der Waals surface area contributed by atoms with Crippen molar-refractivity contribution in [2.45, 2.75) is 4.90 Å². The van der Waals surface area contributed by atoms with Crippen LogP contribution in [0.2, 0.25) is 5.02 Å². The van der Waals surface area contributed by atoms with E-state index in [1.54, 1.807) is 24.3 Å². The number of sulfonamides is 1. The molecule has 0 aliphatic rings. The average Bonchev–Trinajstić information content (AvgIpc) is 3.10. The number of aromatic amines is 1. The number of carbonyl (C=O) groups is 1. The smallest absolute Gasteiger partial charge is 0.272 e. The van der Waals surface area contributed by atoms with Crippen molar-refractivity contribution in [2.24, 2.45) is 0 Å². The lowest BCUT2D eigenvalue weighted by molar-refractivity contribution is 0.102. The van der Waals surface area contributed by atoms with Crippen LogP contribution in [0.1, 0.15) is 10.5 Å². The van der Waals surface area contributed by atoms with Crippen molar-refractivity contribution in [1.29, 1.82) is 0 Å². The Labute approximate surface area is 154 Å². The lowest BCUT2D eigenvalue weighted by Crippen LogP contribution is -2.14. The number of hydrogen-bond acceptors (Lipinski definition) is 3. The molecule has 0 atom stereocenters. The Kier molecular flexibility index (Phi) is 4.97. The summed E-state index contributed by atoms with van der Waals surface area (Å²) >= 11 is 5.78. The van der Waals surface area contributed by atoms with Crippen LogP contribution >= 0.6 is 11.6 Å². The minimum absolute atomic E-state index is 0.0360. The SMILES string of the molecule is O=C(Nc1ccc(Cl)cc1)c1cc(S(=O)(=O)Nc2ccccc2F)c[nH]1. The van der Waals surface area contributed by atoms with Crippen LogP contribution in [0.5, 0.6) is 0 Å². The molecule has 0 saturated heterocycles. The minimum Gasteiger partial charge on any atom is -0.356 e. The number of halogens is 2. The van der Waals surface area contributed by atoms with Crippen LogP contribution in [-0.2, 0) is 10.0 Å². The Morgan fingerprint density at radius 1 is 1.08 bits per heavy atom. The van der Waals surface area contributed by atoms with Gasteiger partial charge in [-0.15, -0.1) is 0 Å². The first-order chi connectivity index (χ1) is 12.3. The number of hydrogen-bond donors (Lipinski definition) is 3. The summed E-state index contributed by atoms with van der Waals surface area (Å²) in [5.74, 6) is -1.23. The molecule has 1 aromatic heterocycles. The number of carbonyl (C=O) groups excluding carboxylic acids is 1. The van der Waals surface area contributed by atoms with Crippen molar-refractivity contribution >= 4 is 38.9 Å². The van der Waals surface area contributed by atoms with Crippen LogP contribution in [-0.4, -0.2) is 19.3 Å². The average molecular weight is 394 g/mol. The van der Waals surface area contributed by atoms with Gasteiger partial charge in [0.1, 0.15) is 16.4 Å². The van der Waals surface area contributed by atoms with E-state index in [1.807, 2.05) is 0 Å². The van der Waals surface area contributed by atoms with Crippen molar-refractivity contribution in [3.05, 3.63) is 77.3 Å². The van der Waals surface area contributed by atoms with Gasteiger partial charge in [0.25, 0.3) is 15.9 Å². The van der Waals surface area contributed by atoms with Crippen LogP contribution in [0.4, 0.5) is 15.8 Å². The van der Waals surface area contributed by atoms with Gasteiger partial charge in [-0.2, -0.15) is 0 Å². The van der Waals surface area contributed by atoms with Gasteiger partial charge >= 0.3 is 0 Å². The van der Waals surface area contributed by atoms with E-state index in [-0.39, 0.29) is 16.3 Å². The van der Waals surface area contributed by atoms with Crippen molar-refractivity contribution in [3.8, 4) is 0 Å². The molecule has 0 saturated carbocycles. The van der Waals surface area contributed by atoms with E-state index in [2.05, 4.69) is 15.0 Å². The Morgan fingerprint density at radius 2 is 1.77 bits per heavy atom. The van der Waals surface area contributed by atoms with E-state index in [9.17, 15) is 17.6 Å². The number of benzene rings is 2. The predicted octanol–water partition coefficient (Wildman–Crippen LogP) is 3.86. The zero-order valence-corrected chi connectivity index (χ0v) is 14.7. The summed E-state index contributed by atoms with van der Waals surface area (Å²) in [4.78, 5) is 14.6. The molecule has 0 spiro atoms. The summed E-state index contributed by atoms with van der Waals surface area (Å²) in [5, 5.41) is 3.13. The molecular formula is C17H13ClFN3O3S. The summed E-state index contributed by atoms with van der Waals surface area (Å²) in [5.41, 5.74) is 0.359. The number of rotatable bonds is 5. The summed E-state index contributed by atoms with van der Waals surface area (Å²) in [6.07, 6.45) is 1.15. The number of amides is 1. The maximum atomic E-state index is 13.6. The molecule has 1 heterocycles. The lowest BCUT2D eigenvalue weighted by atomic mass is 10.3. The Morgan fingerprint density at radius 3 is 2.46 bits per heavy atom. The van der Waals surface area contributed by atoms with E-state index < -0.39 is 21.7 Å². The molecule has 0 radical (unpaired) electrons. The van der Waals surface area contributed by atoms with Gasteiger partial charge in [0.15, 0.2) is 0 Å². The maximum Gasteiger partial charge on any atom is 0.272 e. The molecule has 1 amide bonds. The fourth-order valence-electron chi connectivity index (χ4n) is 2.14. The van der Waals surface area contributed by atoms with Gasteiger partial charge < -0.3 is 10.3 Å². The molecule has 0 unspecified atom stereocenters. The molecule has 134 valence electrons. The molecule has 3 aromatic rings. The lowest BCUT2D eigenvalue weighted by Gasteiger charge is -2.07. The fraction of sp³-hybridized carbons (Fsp3) is 0. The Balaban J connectivity index is 1.77. The second-order valence-electron chi connectivity index (χ2n) is 5.30. The first kappa shape index (κ1) is 18.0. The summed E-state index contributed by atoms with van der Waals surface area (Å²) < 4.78 is 40.5. The van der Waals surface area contributed by atoms with Gasteiger partial charge in [0, 0.05) is 16.9 Å². The number of aromatic nitrogens is 1. The highest BCUT2D eigenvalue weighted by molar-refractivity contribution is 7.92. The Hall–Kier alpha value is -2.84. The van der Waals surface area contributed by atoms with E-state index in [0.717, 1.165) is 18.3 Å². The third-order valence-electron chi connectivity index (χ3n) is 3.43. The third kappa shape index (κ3) is 4.04. The van der Waals surface area contributed by atoms with Crippen molar-refractivity contribution in [3.63, 3.8) is 0 Å². The number of anilines is 2. The van der Waals surface area contributed by atoms with Crippen LogP contribution in [0.3, 0.4) is 0 Å². The van der Waals surface area contributed by atoms with Gasteiger partial charge in [0.2, 0.25) is 0 Å². The molecule has 2 aromatic carbocycles. The van der Waals surface area contributed by atoms with E-state index >= 15 is 0 Å². The molecule has 6 nitrogen and oxygen atoms in total. The molecule has 0 bridgehead atoms. The molecule has 0 fully saturated rings. The molecular weight excluding hydrogens is 381 g/mol. The van der Waals surface area contributed by atoms with Gasteiger partial charge in [-0.1, -0.05) is 23.7 Å². The number of para-hydroxylation sites is 1. The van der Waals surface area contributed by atoms with Crippen molar-refractivity contribution in [2.75, 3.05) is 10.0 Å². The van der Waals surface area contributed by atoms with E-state index in [4.69, 9.17) is 11.6 Å². The first-order valence-corrected chi connectivity index (χ1v) is 9.24. The quantitative estimate of drug-likeness (QED) is 0.614. The van der Waals surface area contributed by atoms with Crippen molar-refractivity contribution < 1.29 is 17.6 Å². The van der Waals surface area contributed by atoms with Crippen LogP contribution in [0.15, 0.2) is 65.7 Å². The maximum absolute atomic E-state index is 13.6. The van der Waals surface area contributed by atoms with E-state index in [1.165, 1.54) is 18.2 Å². The minimum atomic E-state index is -4.05. The molecule has 9 heteroatoms. The highest BCUT2D eigenvalue weighted by atomic mass is 35.5. The zero-order chi connectivity index (χ0) is 18.7. The summed E-state index contributed by atoms with van der Waals surface area (Å²) in [7, 11) is -4.05. The molecule has 3 N–H and O–H groups in total. The van der Waals surface area contributed by atoms with Crippen LogP contribution in [0.25, 0.3) is 0 Å². The summed E-state index contributed by atoms with van der Waals surface area (Å²) in [6.45, 7) is 0. The van der Waals surface area contributed by atoms with Crippen LogP contribution in [0, 0.1) is 5.82 Å².